The zero-order valence-corrected chi connectivity index (χ0v) is 16.3. The number of amides is 2. The molecule has 0 saturated heterocycles. The van der Waals surface area contributed by atoms with Crippen molar-refractivity contribution in [3.05, 3.63) is 36.0 Å². The molecule has 1 saturated carbocycles. The van der Waals surface area contributed by atoms with Crippen LogP contribution in [0.3, 0.4) is 0 Å². The Balaban J connectivity index is 1.35. The third kappa shape index (κ3) is 3.71. The van der Waals surface area contributed by atoms with E-state index in [-0.39, 0.29) is 24.7 Å². The van der Waals surface area contributed by atoms with Gasteiger partial charge in [0.15, 0.2) is 0 Å². The number of benzene rings is 1. The van der Waals surface area contributed by atoms with Crippen molar-refractivity contribution in [3.63, 3.8) is 0 Å². The van der Waals surface area contributed by atoms with Crippen LogP contribution in [0.15, 0.2) is 30.3 Å². The topological polar surface area (TPSA) is 77.8 Å². The van der Waals surface area contributed by atoms with E-state index in [0.717, 1.165) is 32.4 Å². The molecular formula is C21H28N4O3. The molecule has 150 valence electrons. The van der Waals surface area contributed by atoms with Gasteiger partial charge in [-0.3, -0.25) is 9.69 Å². The normalized spacial score (nSPS) is 21.9. The van der Waals surface area contributed by atoms with Crippen LogP contribution in [0, 0.1) is 0 Å². The molecule has 0 spiro atoms. The fourth-order valence-electron chi connectivity index (χ4n) is 4.47. The van der Waals surface area contributed by atoms with Gasteiger partial charge in [-0.2, -0.15) is 0 Å². The average Bonchev–Trinajstić information content (AvgIpc) is 2.85. The van der Waals surface area contributed by atoms with Gasteiger partial charge < -0.3 is 19.9 Å². The molecule has 1 fully saturated rings. The second kappa shape index (κ2) is 7.83. The van der Waals surface area contributed by atoms with Crippen molar-refractivity contribution in [2.24, 2.45) is 0 Å². The highest BCUT2D eigenvalue weighted by atomic mass is 16.4. The lowest BCUT2D eigenvalue weighted by Gasteiger charge is -2.42. The van der Waals surface area contributed by atoms with Crippen LogP contribution in [0.1, 0.15) is 31.9 Å². The van der Waals surface area contributed by atoms with Crippen molar-refractivity contribution in [1.29, 1.82) is 0 Å². The van der Waals surface area contributed by atoms with Gasteiger partial charge in [0.1, 0.15) is 0 Å². The van der Waals surface area contributed by atoms with E-state index >= 15 is 0 Å². The van der Waals surface area contributed by atoms with E-state index in [0.29, 0.717) is 13.1 Å². The number of aliphatic carboxylic acids is 1. The molecule has 0 bridgehead atoms. The average molecular weight is 384 g/mol. The third-order valence-corrected chi connectivity index (χ3v) is 6.05. The molecule has 1 aliphatic carbocycles. The summed E-state index contributed by atoms with van der Waals surface area (Å²) >= 11 is 0. The fraction of sp³-hybridized carbons (Fsp3) is 0.524. The Kier molecular flexibility index (Phi) is 5.26. The summed E-state index contributed by atoms with van der Waals surface area (Å²) in [5.74, 6) is -0.797. The molecule has 1 aromatic heterocycles. The minimum Gasteiger partial charge on any atom is -0.480 e. The molecule has 2 aliphatic rings. The first-order chi connectivity index (χ1) is 13.5. The zero-order chi connectivity index (χ0) is 19.7. The summed E-state index contributed by atoms with van der Waals surface area (Å²) in [6.07, 6.45) is 2.58. The first kappa shape index (κ1) is 18.8. The number of hydrogen-bond acceptors (Lipinski definition) is 3. The van der Waals surface area contributed by atoms with Gasteiger partial charge in [-0.1, -0.05) is 25.1 Å². The van der Waals surface area contributed by atoms with Crippen LogP contribution < -0.4 is 5.32 Å². The summed E-state index contributed by atoms with van der Waals surface area (Å²) in [4.78, 5) is 27.6. The maximum absolute atomic E-state index is 12.8. The first-order valence-corrected chi connectivity index (χ1v) is 10.1. The number of para-hydroxylation sites is 1. The highest BCUT2D eigenvalue weighted by Crippen LogP contribution is 2.27. The van der Waals surface area contributed by atoms with Crippen LogP contribution in [0.4, 0.5) is 4.79 Å². The van der Waals surface area contributed by atoms with Crippen molar-refractivity contribution >= 4 is 22.9 Å². The Labute approximate surface area is 164 Å². The number of aromatic nitrogens is 1. The smallest absolute Gasteiger partial charge is 0.317 e. The van der Waals surface area contributed by atoms with E-state index in [2.05, 4.69) is 34.1 Å². The SMILES string of the molecule is CCN(CC(=O)O)C1CC(NC(=O)N2CCCn3c(cc4ccccc43)C2)C1. The molecule has 0 unspecified atom stereocenters. The van der Waals surface area contributed by atoms with Crippen LogP contribution >= 0.6 is 0 Å². The van der Waals surface area contributed by atoms with E-state index in [4.69, 9.17) is 5.11 Å². The van der Waals surface area contributed by atoms with Gasteiger partial charge in [-0.15, -0.1) is 0 Å². The van der Waals surface area contributed by atoms with Gasteiger partial charge >= 0.3 is 12.0 Å². The molecule has 0 radical (unpaired) electrons. The number of aryl methyl sites for hydroxylation is 1. The summed E-state index contributed by atoms with van der Waals surface area (Å²) in [6, 6.07) is 10.9. The van der Waals surface area contributed by atoms with E-state index < -0.39 is 5.97 Å². The fourth-order valence-corrected chi connectivity index (χ4v) is 4.47. The van der Waals surface area contributed by atoms with Gasteiger partial charge in [-0.05, 0) is 43.3 Å². The van der Waals surface area contributed by atoms with E-state index in [1.807, 2.05) is 22.8 Å². The monoisotopic (exact) mass is 384 g/mol. The molecule has 2 N–H and O–H groups in total. The van der Waals surface area contributed by atoms with E-state index in [1.54, 1.807) is 0 Å². The number of carboxylic acid groups (broad SMARTS) is 1. The minimum atomic E-state index is -0.797. The first-order valence-electron chi connectivity index (χ1n) is 10.1. The molecule has 2 aromatic rings. The minimum absolute atomic E-state index is 0.0107. The molecule has 7 nitrogen and oxygen atoms in total. The van der Waals surface area contributed by atoms with Gasteiger partial charge in [0.05, 0.1) is 13.1 Å². The number of nitrogens with zero attached hydrogens (tertiary/aromatic N) is 3. The molecule has 2 heterocycles. The van der Waals surface area contributed by atoms with Gasteiger partial charge in [-0.25, -0.2) is 4.79 Å². The zero-order valence-electron chi connectivity index (χ0n) is 16.3. The van der Waals surface area contributed by atoms with Crippen molar-refractivity contribution in [3.8, 4) is 0 Å². The van der Waals surface area contributed by atoms with Crippen molar-refractivity contribution < 1.29 is 14.7 Å². The Bertz CT molecular complexity index is 872. The van der Waals surface area contributed by atoms with E-state index in [1.165, 1.54) is 16.6 Å². The summed E-state index contributed by atoms with van der Waals surface area (Å²) in [5.41, 5.74) is 2.42. The van der Waals surface area contributed by atoms with Gasteiger partial charge in [0, 0.05) is 36.4 Å². The van der Waals surface area contributed by atoms with Gasteiger partial charge in [0.2, 0.25) is 0 Å². The van der Waals surface area contributed by atoms with E-state index in [9.17, 15) is 9.59 Å². The number of rotatable bonds is 5. The molecular weight excluding hydrogens is 356 g/mol. The number of carboxylic acids is 1. The number of carbonyl (C=O) groups is 2. The summed E-state index contributed by atoms with van der Waals surface area (Å²) < 4.78 is 2.33. The Morgan fingerprint density at radius 1 is 1.25 bits per heavy atom. The standard InChI is InChI=1S/C21H28N4O3/c1-2-23(14-20(26)27)17-11-16(12-17)22-21(28)24-8-5-9-25-18(13-24)10-15-6-3-4-7-19(15)25/h3-4,6-7,10,16-17H,2,5,8-9,11-14H2,1H3,(H,22,28)(H,26,27). The van der Waals surface area contributed by atoms with Crippen molar-refractivity contribution in [2.45, 2.75) is 51.4 Å². The lowest BCUT2D eigenvalue weighted by molar-refractivity contribution is -0.139. The van der Waals surface area contributed by atoms with Crippen LogP contribution in [0.5, 0.6) is 0 Å². The predicted octanol–water partition coefficient (Wildman–Crippen LogP) is 2.49. The van der Waals surface area contributed by atoms with Gasteiger partial charge in [0.25, 0.3) is 0 Å². The third-order valence-electron chi connectivity index (χ3n) is 6.05. The summed E-state index contributed by atoms with van der Waals surface area (Å²) in [6.45, 7) is 5.06. The Morgan fingerprint density at radius 3 is 2.79 bits per heavy atom. The number of fused-ring (bicyclic) bond motifs is 3. The van der Waals surface area contributed by atoms with Crippen LogP contribution in [0.2, 0.25) is 0 Å². The molecule has 4 rings (SSSR count). The number of hydrogen-bond donors (Lipinski definition) is 2. The summed E-state index contributed by atoms with van der Waals surface area (Å²) in [5, 5.41) is 13.4. The molecule has 7 heteroatoms. The maximum atomic E-state index is 12.8. The lowest BCUT2D eigenvalue weighted by atomic mass is 9.85. The Morgan fingerprint density at radius 2 is 2.04 bits per heavy atom. The van der Waals surface area contributed by atoms with Crippen LogP contribution in [-0.4, -0.2) is 63.2 Å². The molecule has 28 heavy (non-hydrogen) atoms. The number of likely N-dealkylation sites (N-methyl/N-ethyl adjacent to an activating group) is 1. The second-order valence-corrected chi connectivity index (χ2v) is 7.85. The number of nitrogens with one attached hydrogen (secondary N) is 1. The van der Waals surface area contributed by atoms with Crippen molar-refractivity contribution in [1.82, 2.24) is 19.7 Å². The highest BCUT2D eigenvalue weighted by Gasteiger charge is 2.35. The highest BCUT2D eigenvalue weighted by molar-refractivity contribution is 5.82. The molecule has 2 amide bonds. The van der Waals surface area contributed by atoms with Crippen molar-refractivity contribution in [2.75, 3.05) is 19.6 Å². The second-order valence-electron chi connectivity index (χ2n) is 7.85. The van der Waals surface area contributed by atoms with Crippen LogP contribution in [0.25, 0.3) is 10.9 Å². The molecule has 1 aliphatic heterocycles. The maximum Gasteiger partial charge on any atom is 0.317 e. The molecule has 1 aromatic carbocycles. The number of urea groups is 1. The predicted molar refractivity (Wildman–Crippen MR) is 107 cm³/mol. The van der Waals surface area contributed by atoms with Crippen LogP contribution in [-0.2, 0) is 17.9 Å². The lowest BCUT2D eigenvalue weighted by Crippen LogP contribution is -2.56. The molecule has 0 atom stereocenters. The summed E-state index contributed by atoms with van der Waals surface area (Å²) in [7, 11) is 0. The largest absolute Gasteiger partial charge is 0.480 e. The quantitative estimate of drug-likeness (QED) is 0.830. The Hall–Kier alpha value is -2.54. The number of carbonyl (C=O) groups excluding carboxylic acids is 1.